The van der Waals surface area contributed by atoms with Crippen LogP contribution in [0.2, 0.25) is 0 Å². The molecular weight excluding hydrogens is 250 g/mol. The molecule has 0 amide bonds. The Morgan fingerprint density at radius 2 is 2.16 bits per heavy atom. The zero-order valence-corrected chi connectivity index (χ0v) is 11.5. The van der Waals surface area contributed by atoms with E-state index in [0.29, 0.717) is 17.7 Å². The van der Waals surface area contributed by atoms with Crippen LogP contribution < -0.4 is 5.46 Å². The van der Waals surface area contributed by atoms with Crippen molar-refractivity contribution in [1.29, 1.82) is 0 Å². The lowest BCUT2D eigenvalue weighted by Gasteiger charge is -2.16. The van der Waals surface area contributed by atoms with Gasteiger partial charge < -0.3 is 14.0 Å². The van der Waals surface area contributed by atoms with Crippen molar-refractivity contribution in [3.63, 3.8) is 0 Å². The Bertz CT molecular complexity index is 516. The van der Waals surface area contributed by atoms with Crippen LogP contribution in [0.25, 0.3) is 0 Å². The van der Waals surface area contributed by atoms with Gasteiger partial charge in [0.1, 0.15) is 5.82 Å². The molecule has 102 valence electrons. The van der Waals surface area contributed by atoms with Crippen molar-refractivity contribution in [2.24, 2.45) is 0 Å². The fourth-order valence-electron chi connectivity index (χ4n) is 1.99. The first kappa shape index (κ1) is 14.0. The van der Waals surface area contributed by atoms with Gasteiger partial charge in [-0.15, -0.1) is 0 Å². The molecule has 0 atom stereocenters. The standard InChI is InChI=1S/C13H16BFO4/c1-8-5-11(15)10(6-9(8)12(16)17-4)14-18-7-13(2,3)19-14/h5-6H,7H2,1-4H3. The largest absolute Gasteiger partial charge is 0.497 e. The zero-order valence-electron chi connectivity index (χ0n) is 11.5. The molecule has 2 rings (SSSR count). The summed E-state index contributed by atoms with van der Waals surface area (Å²) in [5.74, 6) is -0.955. The smallest absolute Gasteiger partial charge is 0.465 e. The number of carbonyl (C=O) groups excluding carboxylic acids is 1. The molecule has 1 aromatic carbocycles. The average Bonchev–Trinajstić information content (AvgIpc) is 2.68. The van der Waals surface area contributed by atoms with E-state index in [1.165, 1.54) is 19.2 Å². The number of rotatable bonds is 2. The van der Waals surface area contributed by atoms with Gasteiger partial charge in [0, 0.05) is 5.46 Å². The van der Waals surface area contributed by atoms with Gasteiger partial charge in [-0.25, -0.2) is 9.18 Å². The molecule has 1 saturated heterocycles. The van der Waals surface area contributed by atoms with Gasteiger partial charge in [0.15, 0.2) is 0 Å². The molecule has 1 aromatic rings. The summed E-state index contributed by atoms with van der Waals surface area (Å²) in [6.45, 7) is 5.75. The summed E-state index contributed by atoms with van der Waals surface area (Å²) >= 11 is 0. The normalized spacial score (nSPS) is 17.6. The highest BCUT2D eigenvalue weighted by atomic mass is 19.1. The minimum Gasteiger partial charge on any atom is -0.465 e. The van der Waals surface area contributed by atoms with Gasteiger partial charge in [-0.1, -0.05) is 0 Å². The first-order valence-corrected chi connectivity index (χ1v) is 6.02. The van der Waals surface area contributed by atoms with E-state index in [-0.39, 0.29) is 5.46 Å². The molecule has 1 fully saturated rings. The Balaban J connectivity index is 2.38. The first-order chi connectivity index (χ1) is 8.84. The van der Waals surface area contributed by atoms with Crippen LogP contribution in [-0.2, 0) is 14.0 Å². The number of hydrogen-bond donors (Lipinski definition) is 0. The lowest BCUT2D eigenvalue weighted by atomic mass is 9.77. The quantitative estimate of drug-likeness (QED) is 0.600. The maximum Gasteiger partial charge on any atom is 0.497 e. The van der Waals surface area contributed by atoms with Crippen LogP contribution in [-0.4, -0.2) is 32.4 Å². The second-order valence-electron chi connectivity index (χ2n) is 5.20. The zero-order chi connectivity index (χ0) is 14.2. The van der Waals surface area contributed by atoms with Crippen LogP contribution in [0, 0.1) is 12.7 Å². The molecule has 0 N–H and O–H groups in total. The van der Waals surface area contributed by atoms with Crippen molar-refractivity contribution in [1.82, 2.24) is 0 Å². The van der Waals surface area contributed by atoms with Crippen molar-refractivity contribution in [3.05, 3.63) is 29.1 Å². The highest BCUT2D eigenvalue weighted by Crippen LogP contribution is 2.21. The van der Waals surface area contributed by atoms with Crippen molar-refractivity contribution in [3.8, 4) is 0 Å². The highest BCUT2D eigenvalue weighted by Gasteiger charge is 2.40. The number of benzene rings is 1. The van der Waals surface area contributed by atoms with E-state index in [4.69, 9.17) is 9.31 Å². The fourth-order valence-corrected chi connectivity index (χ4v) is 1.99. The molecule has 0 saturated carbocycles. The molecule has 6 heteroatoms. The van der Waals surface area contributed by atoms with Gasteiger partial charge in [-0.3, -0.25) is 0 Å². The molecule has 0 bridgehead atoms. The van der Waals surface area contributed by atoms with Gasteiger partial charge >= 0.3 is 13.1 Å². The van der Waals surface area contributed by atoms with Crippen molar-refractivity contribution in [2.75, 3.05) is 13.7 Å². The van der Waals surface area contributed by atoms with E-state index in [2.05, 4.69) is 4.74 Å². The molecule has 0 spiro atoms. The number of hydrogen-bond acceptors (Lipinski definition) is 4. The van der Waals surface area contributed by atoms with Gasteiger partial charge in [-0.05, 0) is 38.5 Å². The Morgan fingerprint density at radius 1 is 1.47 bits per heavy atom. The van der Waals surface area contributed by atoms with Crippen LogP contribution in [0.15, 0.2) is 12.1 Å². The molecule has 1 aliphatic heterocycles. The Kier molecular flexibility index (Phi) is 3.65. The van der Waals surface area contributed by atoms with Crippen LogP contribution in [0.4, 0.5) is 4.39 Å². The van der Waals surface area contributed by atoms with E-state index >= 15 is 0 Å². The molecular formula is C13H16BFO4. The van der Waals surface area contributed by atoms with E-state index in [9.17, 15) is 9.18 Å². The van der Waals surface area contributed by atoms with Crippen LogP contribution in [0.5, 0.6) is 0 Å². The first-order valence-electron chi connectivity index (χ1n) is 6.02. The number of esters is 1. The fraction of sp³-hybridized carbons (Fsp3) is 0.462. The number of ether oxygens (including phenoxy) is 1. The molecule has 1 aliphatic rings. The third-order valence-electron chi connectivity index (χ3n) is 3.01. The number of methoxy groups -OCH3 is 1. The Morgan fingerprint density at radius 3 is 2.68 bits per heavy atom. The second kappa shape index (κ2) is 4.94. The van der Waals surface area contributed by atoms with Gasteiger partial charge in [-0.2, -0.15) is 0 Å². The van der Waals surface area contributed by atoms with E-state index in [0.717, 1.165) is 0 Å². The number of halogens is 1. The SMILES string of the molecule is COC(=O)c1cc(B2OCC(C)(C)O2)c(F)cc1C. The summed E-state index contributed by atoms with van der Waals surface area (Å²) in [7, 11) is 0.496. The predicted octanol–water partition coefficient (Wildman–Crippen LogP) is 1.44. The summed E-state index contributed by atoms with van der Waals surface area (Å²) < 4.78 is 29.7. The summed E-state index contributed by atoms with van der Waals surface area (Å²) in [6, 6.07) is 2.72. The molecule has 0 unspecified atom stereocenters. The maximum absolute atomic E-state index is 14.0. The number of carbonyl (C=O) groups is 1. The topological polar surface area (TPSA) is 44.8 Å². The molecule has 0 radical (unpaired) electrons. The predicted molar refractivity (Wildman–Crippen MR) is 69.0 cm³/mol. The van der Waals surface area contributed by atoms with E-state index in [1.807, 2.05) is 13.8 Å². The lowest BCUT2D eigenvalue weighted by Crippen LogP contribution is -2.37. The summed E-state index contributed by atoms with van der Waals surface area (Å²) in [6.07, 6.45) is 0. The maximum atomic E-state index is 14.0. The molecule has 4 nitrogen and oxygen atoms in total. The second-order valence-corrected chi connectivity index (χ2v) is 5.20. The van der Waals surface area contributed by atoms with Crippen molar-refractivity contribution < 1.29 is 23.2 Å². The minimum atomic E-state index is -0.793. The van der Waals surface area contributed by atoms with Crippen LogP contribution in [0.3, 0.4) is 0 Å². The number of aryl methyl sites for hydroxylation is 1. The third kappa shape index (κ3) is 2.79. The van der Waals surface area contributed by atoms with Crippen molar-refractivity contribution >= 4 is 18.6 Å². The Hall–Kier alpha value is -1.40. The minimum absolute atomic E-state index is 0.219. The molecule has 1 heterocycles. The molecule has 0 aliphatic carbocycles. The summed E-state index contributed by atoms with van der Waals surface area (Å²) in [5, 5.41) is 0. The average molecular weight is 266 g/mol. The molecule has 0 aromatic heterocycles. The van der Waals surface area contributed by atoms with Gasteiger partial charge in [0.2, 0.25) is 0 Å². The lowest BCUT2D eigenvalue weighted by molar-refractivity contribution is 0.0600. The van der Waals surface area contributed by atoms with E-state index < -0.39 is 24.5 Å². The summed E-state index contributed by atoms with van der Waals surface area (Å²) in [4.78, 5) is 11.6. The molecule has 19 heavy (non-hydrogen) atoms. The highest BCUT2D eigenvalue weighted by molar-refractivity contribution is 6.62. The Labute approximate surface area is 112 Å². The van der Waals surface area contributed by atoms with Crippen LogP contribution >= 0.6 is 0 Å². The summed E-state index contributed by atoms with van der Waals surface area (Å²) in [5.41, 5.74) is 0.589. The monoisotopic (exact) mass is 266 g/mol. The van der Waals surface area contributed by atoms with Crippen LogP contribution in [0.1, 0.15) is 29.8 Å². The van der Waals surface area contributed by atoms with Crippen molar-refractivity contribution in [2.45, 2.75) is 26.4 Å². The van der Waals surface area contributed by atoms with E-state index in [1.54, 1.807) is 6.92 Å². The third-order valence-corrected chi connectivity index (χ3v) is 3.01. The van der Waals surface area contributed by atoms with Gasteiger partial charge in [0.25, 0.3) is 0 Å². The van der Waals surface area contributed by atoms with Gasteiger partial charge in [0.05, 0.1) is 24.9 Å².